The Morgan fingerprint density at radius 2 is 1.94 bits per heavy atom. The molecule has 0 spiro atoms. The van der Waals surface area contributed by atoms with Gasteiger partial charge < -0.3 is 10.1 Å². The van der Waals surface area contributed by atoms with Crippen molar-refractivity contribution in [1.82, 2.24) is 5.32 Å². The third-order valence-corrected chi connectivity index (χ3v) is 2.59. The van der Waals surface area contributed by atoms with E-state index in [1.54, 1.807) is 7.11 Å². The molecule has 0 aliphatic carbocycles. The van der Waals surface area contributed by atoms with Gasteiger partial charge in [0.25, 0.3) is 0 Å². The lowest BCUT2D eigenvalue weighted by atomic mass is 10.00. The monoisotopic (exact) mass is 243 g/mol. The van der Waals surface area contributed by atoms with Crippen LogP contribution in [0.25, 0.3) is 0 Å². The van der Waals surface area contributed by atoms with Crippen LogP contribution in [-0.4, -0.2) is 26.8 Å². The maximum absolute atomic E-state index is 13.4. The molecule has 1 aromatic rings. The number of benzene rings is 1. The lowest BCUT2D eigenvalue weighted by molar-refractivity contribution is 0.198. The van der Waals surface area contributed by atoms with Crippen molar-refractivity contribution < 1.29 is 13.5 Å². The van der Waals surface area contributed by atoms with Crippen molar-refractivity contribution in [3.05, 3.63) is 35.4 Å². The van der Waals surface area contributed by atoms with Crippen LogP contribution in [0.15, 0.2) is 18.2 Å². The van der Waals surface area contributed by atoms with Gasteiger partial charge in [0.1, 0.15) is 11.6 Å². The van der Waals surface area contributed by atoms with Crippen LogP contribution in [0.1, 0.15) is 12.5 Å². The van der Waals surface area contributed by atoms with E-state index in [0.717, 1.165) is 13.1 Å². The molecule has 0 aromatic heterocycles. The predicted molar refractivity (Wildman–Crippen MR) is 64.0 cm³/mol. The summed E-state index contributed by atoms with van der Waals surface area (Å²) >= 11 is 0. The van der Waals surface area contributed by atoms with Crippen LogP contribution in [-0.2, 0) is 11.2 Å². The molecule has 0 heterocycles. The Morgan fingerprint density at radius 3 is 2.53 bits per heavy atom. The molecule has 0 saturated heterocycles. The number of hydrogen-bond donors (Lipinski definition) is 1. The fourth-order valence-electron chi connectivity index (χ4n) is 1.67. The normalized spacial score (nSPS) is 12.7. The molecule has 1 unspecified atom stereocenters. The van der Waals surface area contributed by atoms with Gasteiger partial charge in [-0.2, -0.15) is 0 Å². The smallest absolute Gasteiger partial charge is 0.129 e. The molecule has 1 rings (SSSR count). The third-order valence-electron chi connectivity index (χ3n) is 2.59. The fraction of sp³-hybridized carbons (Fsp3) is 0.538. The summed E-state index contributed by atoms with van der Waals surface area (Å²) in [5.74, 6) is -0.749. The molecule has 0 bridgehead atoms. The van der Waals surface area contributed by atoms with Gasteiger partial charge in [-0.3, -0.25) is 0 Å². The highest BCUT2D eigenvalue weighted by atomic mass is 19.1. The van der Waals surface area contributed by atoms with Gasteiger partial charge in [0.15, 0.2) is 0 Å². The molecule has 0 aliphatic heterocycles. The lowest BCUT2D eigenvalue weighted by Crippen LogP contribution is -2.26. The zero-order valence-electron chi connectivity index (χ0n) is 10.3. The van der Waals surface area contributed by atoms with Crippen LogP contribution >= 0.6 is 0 Å². The molecule has 0 radical (unpaired) electrons. The molecule has 17 heavy (non-hydrogen) atoms. The number of nitrogens with one attached hydrogen (secondary N) is 1. The van der Waals surface area contributed by atoms with Gasteiger partial charge in [0.05, 0.1) is 6.61 Å². The molecule has 2 nitrogen and oxygen atoms in total. The number of hydrogen-bond acceptors (Lipinski definition) is 2. The Bertz CT molecular complexity index is 324. The topological polar surface area (TPSA) is 21.3 Å². The van der Waals surface area contributed by atoms with Crippen molar-refractivity contribution in [1.29, 1.82) is 0 Å². The maximum atomic E-state index is 13.4. The molecule has 0 saturated carbocycles. The summed E-state index contributed by atoms with van der Waals surface area (Å²) in [5.41, 5.74) is 0.175. The van der Waals surface area contributed by atoms with Crippen molar-refractivity contribution in [3.63, 3.8) is 0 Å². The van der Waals surface area contributed by atoms with E-state index >= 15 is 0 Å². The quantitative estimate of drug-likeness (QED) is 0.742. The van der Waals surface area contributed by atoms with Gasteiger partial charge in [-0.1, -0.05) is 13.0 Å². The molecule has 1 N–H and O–H groups in total. The highest BCUT2D eigenvalue weighted by Crippen LogP contribution is 2.16. The Balaban J connectivity index is 2.42. The molecule has 1 aromatic carbocycles. The number of halogens is 2. The van der Waals surface area contributed by atoms with E-state index in [1.165, 1.54) is 18.2 Å². The molecule has 4 heteroatoms. The Labute approximate surface area is 101 Å². The van der Waals surface area contributed by atoms with Crippen LogP contribution in [0.3, 0.4) is 0 Å². The van der Waals surface area contributed by atoms with Crippen LogP contribution in [0, 0.1) is 17.6 Å². The number of ether oxygens (including phenoxy) is 1. The van der Waals surface area contributed by atoms with Gasteiger partial charge in [0.2, 0.25) is 0 Å². The van der Waals surface area contributed by atoms with Gasteiger partial charge in [-0.05, 0) is 31.0 Å². The number of rotatable bonds is 7. The van der Waals surface area contributed by atoms with Crippen LogP contribution in [0.2, 0.25) is 0 Å². The summed E-state index contributed by atoms with van der Waals surface area (Å²) in [7, 11) is 1.64. The highest BCUT2D eigenvalue weighted by Gasteiger charge is 2.12. The predicted octanol–water partition coefficient (Wildman–Crippen LogP) is 2.38. The first-order chi connectivity index (χ1) is 8.15. The second-order valence-electron chi connectivity index (χ2n) is 4.21. The summed E-state index contributed by atoms with van der Waals surface area (Å²) in [6.07, 6.45) is 0.401. The Kier molecular flexibility index (Phi) is 6.08. The van der Waals surface area contributed by atoms with Crippen molar-refractivity contribution in [3.8, 4) is 0 Å². The van der Waals surface area contributed by atoms with E-state index in [0.29, 0.717) is 13.0 Å². The Hall–Kier alpha value is -1.00. The molecular formula is C13H19F2NO. The average molecular weight is 243 g/mol. The highest BCUT2D eigenvalue weighted by molar-refractivity contribution is 5.20. The standard InChI is InChI=1S/C13H19F2NO/c1-10(9-16-6-7-17-2)8-11-12(14)4-3-5-13(11)15/h3-5,10,16H,6-9H2,1-2H3. The van der Waals surface area contributed by atoms with Crippen LogP contribution in [0.5, 0.6) is 0 Å². The first-order valence-electron chi connectivity index (χ1n) is 5.77. The van der Waals surface area contributed by atoms with Crippen LogP contribution in [0.4, 0.5) is 8.78 Å². The van der Waals surface area contributed by atoms with Gasteiger partial charge >= 0.3 is 0 Å². The van der Waals surface area contributed by atoms with Crippen molar-refractivity contribution in [2.24, 2.45) is 5.92 Å². The zero-order chi connectivity index (χ0) is 12.7. The average Bonchev–Trinajstić information content (AvgIpc) is 2.30. The van der Waals surface area contributed by atoms with Crippen molar-refractivity contribution in [2.75, 3.05) is 26.8 Å². The number of methoxy groups -OCH3 is 1. The fourth-order valence-corrected chi connectivity index (χ4v) is 1.67. The van der Waals surface area contributed by atoms with E-state index in [9.17, 15) is 8.78 Å². The first-order valence-corrected chi connectivity index (χ1v) is 5.77. The van der Waals surface area contributed by atoms with Crippen molar-refractivity contribution >= 4 is 0 Å². The zero-order valence-corrected chi connectivity index (χ0v) is 10.3. The maximum Gasteiger partial charge on any atom is 0.129 e. The SMILES string of the molecule is COCCNCC(C)Cc1c(F)cccc1F. The van der Waals surface area contributed by atoms with Gasteiger partial charge in [-0.25, -0.2) is 8.78 Å². The molecular weight excluding hydrogens is 224 g/mol. The van der Waals surface area contributed by atoms with E-state index in [-0.39, 0.29) is 11.5 Å². The Morgan fingerprint density at radius 1 is 1.29 bits per heavy atom. The molecule has 0 amide bonds. The largest absolute Gasteiger partial charge is 0.383 e. The van der Waals surface area contributed by atoms with Crippen LogP contribution < -0.4 is 5.32 Å². The second kappa shape index (κ2) is 7.35. The lowest BCUT2D eigenvalue weighted by Gasteiger charge is -2.13. The summed E-state index contributed by atoms with van der Waals surface area (Å²) in [5, 5.41) is 3.18. The third kappa shape index (κ3) is 4.79. The van der Waals surface area contributed by atoms with Gasteiger partial charge in [-0.15, -0.1) is 0 Å². The summed E-state index contributed by atoms with van der Waals surface area (Å²) in [6, 6.07) is 3.97. The summed E-state index contributed by atoms with van der Waals surface area (Å²) in [6.45, 7) is 4.07. The van der Waals surface area contributed by atoms with E-state index in [1.807, 2.05) is 6.92 Å². The second-order valence-corrected chi connectivity index (χ2v) is 4.21. The van der Waals surface area contributed by atoms with E-state index < -0.39 is 11.6 Å². The summed E-state index contributed by atoms with van der Waals surface area (Å²) in [4.78, 5) is 0. The van der Waals surface area contributed by atoms with Gasteiger partial charge in [0, 0.05) is 19.2 Å². The first kappa shape index (κ1) is 14.1. The van der Waals surface area contributed by atoms with Crippen molar-refractivity contribution in [2.45, 2.75) is 13.3 Å². The minimum absolute atomic E-state index is 0.175. The minimum Gasteiger partial charge on any atom is -0.383 e. The minimum atomic E-state index is -0.464. The summed E-state index contributed by atoms with van der Waals surface area (Å²) < 4.78 is 31.6. The molecule has 0 fully saturated rings. The van der Waals surface area contributed by atoms with E-state index in [4.69, 9.17) is 4.74 Å². The molecule has 1 atom stereocenters. The molecule has 96 valence electrons. The van der Waals surface area contributed by atoms with E-state index in [2.05, 4.69) is 5.32 Å². The molecule has 0 aliphatic rings.